The average molecular weight is 334 g/mol. The molecule has 0 saturated heterocycles. The maximum Gasteiger partial charge on any atom is 0.407 e. The van der Waals surface area contributed by atoms with Crippen LogP contribution >= 0.6 is 0 Å². The Hall–Kier alpha value is -1.72. The van der Waals surface area contributed by atoms with Crippen LogP contribution in [0, 0.1) is 0 Å². The molecule has 3 N–H and O–H groups in total. The molecule has 22 heavy (non-hydrogen) atoms. The summed E-state index contributed by atoms with van der Waals surface area (Å²) in [6, 6.07) is 9.25. The lowest BCUT2D eigenvalue weighted by molar-refractivity contribution is 0.0349. The van der Waals surface area contributed by atoms with Crippen molar-refractivity contribution in [2.24, 2.45) is 0 Å². The van der Waals surface area contributed by atoms with Crippen molar-refractivity contribution >= 4 is 16.5 Å². The topological polar surface area (TPSA) is 123 Å². The molecule has 0 aromatic heterocycles. The maximum atomic E-state index is 11.3. The molecule has 0 aliphatic carbocycles. The Kier molecular flexibility index (Phi) is 8.40. The molecule has 0 saturated carbocycles. The van der Waals surface area contributed by atoms with Crippen molar-refractivity contribution < 1.29 is 31.5 Å². The van der Waals surface area contributed by atoms with E-state index in [0.29, 0.717) is 0 Å². The molecule has 1 aromatic carbocycles. The Balaban J connectivity index is 1.95. The zero-order valence-corrected chi connectivity index (χ0v) is 12.5. The number of carbonyl (C=O) groups is 1. The van der Waals surface area contributed by atoms with E-state index in [4.69, 9.17) is 14.1 Å². The Morgan fingerprint density at radius 1 is 1.14 bits per heavy atom. The molecule has 0 fully saturated rings. The van der Waals surface area contributed by atoms with E-state index < -0.39 is 16.5 Å². The van der Waals surface area contributed by atoms with Gasteiger partial charge in [-0.3, -0.25) is 9.39 Å². The van der Waals surface area contributed by atoms with Gasteiger partial charge in [0.15, 0.2) is 0 Å². The van der Waals surface area contributed by atoms with E-state index in [9.17, 15) is 13.2 Å². The lowest BCUT2D eigenvalue weighted by Crippen LogP contribution is -2.30. The number of alkyl carbamates (subject to hydrolysis) is 1. The molecule has 1 rings (SSSR count). The predicted octanol–water partition coefficient (Wildman–Crippen LogP) is 0.253. The highest BCUT2D eigenvalue weighted by molar-refractivity contribution is 7.80. The molecule has 0 atom stereocenters. The Labute approximate surface area is 128 Å². The molecular weight excluding hydrogens is 316 g/mol. The van der Waals surface area contributed by atoms with Gasteiger partial charge in [-0.2, -0.15) is 8.42 Å². The summed E-state index contributed by atoms with van der Waals surface area (Å²) in [6.07, 6.45) is -0.567. The summed E-state index contributed by atoms with van der Waals surface area (Å²) >= 11 is 0. The van der Waals surface area contributed by atoms with Gasteiger partial charge in [-0.1, -0.05) is 30.3 Å². The fourth-order valence-corrected chi connectivity index (χ4v) is 1.61. The van der Waals surface area contributed by atoms with Gasteiger partial charge >= 0.3 is 16.5 Å². The van der Waals surface area contributed by atoms with Gasteiger partial charge in [0.2, 0.25) is 0 Å². The quantitative estimate of drug-likeness (QED) is 0.316. The molecule has 0 unspecified atom stereocenters. The number of carbonyl (C=O) groups excluding carboxylic acids is 1. The standard InChI is InChI=1S/C12H18N2O7S/c15-12(19-10-11-4-2-1-3-5-11)13-6-8-20-14-7-9-21-22(16,17)18/h1-5,14H,6-10H2,(H,13,15)(H,16,17,18). The van der Waals surface area contributed by atoms with Crippen molar-refractivity contribution in [3.05, 3.63) is 35.9 Å². The van der Waals surface area contributed by atoms with Gasteiger partial charge in [0.05, 0.1) is 13.2 Å². The molecule has 0 radical (unpaired) electrons. The normalized spacial score (nSPS) is 11.1. The fourth-order valence-electron chi connectivity index (χ4n) is 1.31. The predicted molar refractivity (Wildman–Crippen MR) is 76.1 cm³/mol. The van der Waals surface area contributed by atoms with Crippen LogP contribution in [-0.4, -0.2) is 45.4 Å². The van der Waals surface area contributed by atoms with Gasteiger partial charge in [-0.25, -0.2) is 14.5 Å². The van der Waals surface area contributed by atoms with Crippen LogP contribution in [0.3, 0.4) is 0 Å². The molecule has 124 valence electrons. The van der Waals surface area contributed by atoms with Crippen molar-refractivity contribution in [2.45, 2.75) is 6.61 Å². The van der Waals surface area contributed by atoms with E-state index >= 15 is 0 Å². The Bertz CT molecular complexity index is 536. The van der Waals surface area contributed by atoms with E-state index in [2.05, 4.69) is 15.0 Å². The molecule has 0 heterocycles. The van der Waals surface area contributed by atoms with E-state index in [1.807, 2.05) is 30.3 Å². The van der Waals surface area contributed by atoms with Gasteiger partial charge in [-0.15, -0.1) is 0 Å². The van der Waals surface area contributed by atoms with Crippen molar-refractivity contribution in [2.75, 3.05) is 26.3 Å². The second kappa shape index (κ2) is 10.1. The summed E-state index contributed by atoms with van der Waals surface area (Å²) in [5.74, 6) is 0. The third-order valence-corrected chi connectivity index (χ3v) is 2.69. The zero-order chi connectivity index (χ0) is 16.3. The van der Waals surface area contributed by atoms with E-state index in [1.54, 1.807) is 0 Å². The van der Waals surface area contributed by atoms with E-state index in [-0.39, 0.29) is 32.9 Å². The van der Waals surface area contributed by atoms with E-state index in [0.717, 1.165) is 5.56 Å². The van der Waals surface area contributed by atoms with Crippen LogP contribution in [0.4, 0.5) is 4.79 Å². The number of rotatable bonds is 10. The smallest absolute Gasteiger partial charge is 0.407 e. The molecule has 0 spiro atoms. The van der Waals surface area contributed by atoms with Crippen LogP contribution in [-0.2, 0) is 30.8 Å². The minimum Gasteiger partial charge on any atom is -0.445 e. The Morgan fingerprint density at radius 3 is 2.55 bits per heavy atom. The largest absolute Gasteiger partial charge is 0.445 e. The SMILES string of the molecule is O=C(NCCONCCOS(=O)(=O)O)OCc1ccccc1. The lowest BCUT2D eigenvalue weighted by atomic mass is 10.2. The Morgan fingerprint density at radius 2 is 1.86 bits per heavy atom. The number of hydrogen-bond acceptors (Lipinski definition) is 7. The van der Waals surface area contributed by atoms with E-state index in [1.165, 1.54) is 0 Å². The number of ether oxygens (including phenoxy) is 1. The minimum atomic E-state index is -4.43. The first kappa shape index (κ1) is 18.3. The summed E-state index contributed by atoms with van der Waals surface area (Å²) in [6.45, 7) is 0.314. The summed E-state index contributed by atoms with van der Waals surface area (Å²) < 4.78 is 37.7. The average Bonchev–Trinajstić information content (AvgIpc) is 2.48. The second-order valence-electron chi connectivity index (χ2n) is 3.98. The van der Waals surface area contributed by atoms with Crippen molar-refractivity contribution in [1.82, 2.24) is 10.8 Å². The summed E-state index contributed by atoms with van der Waals surface area (Å²) in [7, 11) is -4.43. The van der Waals surface area contributed by atoms with Crippen LogP contribution in [0.5, 0.6) is 0 Å². The highest BCUT2D eigenvalue weighted by Gasteiger charge is 2.03. The number of benzene rings is 1. The van der Waals surface area contributed by atoms with Gasteiger partial charge in [0.25, 0.3) is 0 Å². The van der Waals surface area contributed by atoms with Gasteiger partial charge in [0.1, 0.15) is 6.61 Å². The summed E-state index contributed by atoms with van der Waals surface area (Å²) in [4.78, 5) is 16.2. The van der Waals surface area contributed by atoms with Crippen LogP contribution in [0.25, 0.3) is 0 Å². The highest BCUT2D eigenvalue weighted by atomic mass is 32.3. The van der Waals surface area contributed by atoms with Crippen LogP contribution in [0.1, 0.15) is 5.56 Å². The molecule has 0 aliphatic heterocycles. The number of hydroxylamine groups is 1. The summed E-state index contributed by atoms with van der Waals surface area (Å²) in [5, 5.41) is 2.47. The number of nitrogens with one attached hydrogen (secondary N) is 2. The molecule has 10 heteroatoms. The first-order chi connectivity index (χ1) is 10.5. The zero-order valence-electron chi connectivity index (χ0n) is 11.7. The monoisotopic (exact) mass is 334 g/mol. The van der Waals surface area contributed by atoms with Crippen LogP contribution in [0.2, 0.25) is 0 Å². The molecule has 9 nitrogen and oxygen atoms in total. The highest BCUT2D eigenvalue weighted by Crippen LogP contribution is 2.00. The third-order valence-electron chi connectivity index (χ3n) is 2.22. The lowest BCUT2D eigenvalue weighted by Gasteiger charge is -2.08. The van der Waals surface area contributed by atoms with Gasteiger partial charge < -0.3 is 10.1 Å². The number of hydrogen-bond donors (Lipinski definition) is 3. The maximum absolute atomic E-state index is 11.3. The summed E-state index contributed by atoms with van der Waals surface area (Å²) in [5.41, 5.74) is 3.28. The number of amides is 1. The molecule has 1 amide bonds. The fraction of sp³-hybridized carbons (Fsp3) is 0.417. The molecular formula is C12H18N2O7S. The van der Waals surface area contributed by atoms with Crippen molar-refractivity contribution in [3.8, 4) is 0 Å². The first-order valence-electron chi connectivity index (χ1n) is 6.38. The van der Waals surface area contributed by atoms with Crippen LogP contribution < -0.4 is 10.8 Å². The second-order valence-corrected chi connectivity index (χ2v) is 5.07. The van der Waals surface area contributed by atoms with Crippen LogP contribution in [0.15, 0.2) is 30.3 Å². The molecule has 1 aromatic rings. The van der Waals surface area contributed by atoms with Gasteiger partial charge in [-0.05, 0) is 5.56 Å². The minimum absolute atomic E-state index is 0.0538. The van der Waals surface area contributed by atoms with Crippen molar-refractivity contribution in [3.63, 3.8) is 0 Å². The first-order valence-corrected chi connectivity index (χ1v) is 7.75. The third kappa shape index (κ3) is 10.1. The molecule has 0 aliphatic rings. The van der Waals surface area contributed by atoms with Crippen molar-refractivity contribution in [1.29, 1.82) is 0 Å². The molecule has 0 bridgehead atoms. The van der Waals surface area contributed by atoms with Gasteiger partial charge in [0, 0.05) is 13.1 Å².